The molecule has 0 aliphatic heterocycles. The van der Waals surface area contributed by atoms with E-state index < -0.39 is 0 Å². The monoisotopic (exact) mass is 197 g/mol. The van der Waals surface area contributed by atoms with Crippen LogP contribution in [-0.4, -0.2) is 16.9 Å². The van der Waals surface area contributed by atoms with E-state index in [2.05, 4.69) is 10.3 Å². The summed E-state index contributed by atoms with van der Waals surface area (Å²) in [5, 5.41) is 2.87. The normalized spacial score (nSPS) is 16.9. The highest BCUT2D eigenvalue weighted by Crippen LogP contribution is 2.32. The summed E-state index contributed by atoms with van der Waals surface area (Å²) in [6.07, 6.45) is 5.13. The Morgan fingerprint density at radius 3 is 2.93 bits per heavy atom. The summed E-state index contributed by atoms with van der Waals surface area (Å²) in [4.78, 5) is 15.1. The van der Waals surface area contributed by atoms with Crippen molar-refractivity contribution in [2.75, 3.05) is 0 Å². The Morgan fingerprint density at radius 1 is 1.71 bits per heavy atom. The van der Waals surface area contributed by atoms with Crippen molar-refractivity contribution < 1.29 is 9.21 Å². The van der Waals surface area contributed by atoms with Gasteiger partial charge in [-0.3, -0.25) is 4.79 Å². The highest BCUT2D eigenvalue weighted by molar-refractivity contribution is 5.91. The third-order valence-corrected chi connectivity index (χ3v) is 2.34. The lowest BCUT2D eigenvalue weighted by molar-refractivity contribution is 0.0908. The average Bonchev–Trinajstić information content (AvgIpc) is 2.81. The number of rotatable bonds is 3. The summed E-state index contributed by atoms with van der Waals surface area (Å²) in [5.74, 6) is 0.774. The van der Waals surface area contributed by atoms with Gasteiger partial charge in [0.1, 0.15) is 0 Å². The second-order valence-corrected chi connectivity index (χ2v) is 3.47. The summed E-state index contributed by atoms with van der Waals surface area (Å²) in [7, 11) is 0. The zero-order valence-electron chi connectivity index (χ0n) is 8.19. The SMILES string of the molecule is C[C@H](NC(=O)c1cnco1)C1CC1.N. The first-order chi connectivity index (χ1) is 6.27. The molecule has 0 radical (unpaired) electrons. The van der Waals surface area contributed by atoms with Crippen LogP contribution in [0.25, 0.3) is 0 Å². The van der Waals surface area contributed by atoms with E-state index in [1.54, 1.807) is 0 Å². The first-order valence-corrected chi connectivity index (χ1v) is 4.46. The minimum Gasteiger partial charge on any atom is -0.438 e. The summed E-state index contributed by atoms with van der Waals surface area (Å²) in [6.45, 7) is 2.02. The topological polar surface area (TPSA) is 90.1 Å². The van der Waals surface area contributed by atoms with E-state index in [4.69, 9.17) is 4.42 Å². The fourth-order valence-corrected chi connectivity index (χ4v) is 1.32. The Labute approximate surface area is 82.5 Å². The molecule has 4 N–H and O–H groups in total. The number of nitrogens with one attached hydrogen (secondary N) is 1. The van der Waals surface area contributed by atoms with Crippen molar-refractivity contribution in [3.8, 4) is 0 Å². The van der Waals surface area contributed by atoms with E-state index in [9.17, 15) is 4.79 Å². The van der Waals surface area contributed by atoms with Crippen molar-refractivity contribution in [2.45, 2.75) is 25.8 Å². The summed E-state index contributed by atoms with van der Waals surface area (Å²) in [5.41, 5.74) is 0. The first-order valence-electron chi connectivity index (χ1n) is 4.46. The molecule has 2 rings (SSSR count). The Balaban J connectivity index is 0.000000980. The smallest absolute Gasteiger partial charge is 0.288 e. The molecule has 0 bridgehead atoms. The minimum absolute atomic E-state index is 0. The van der Waals surface area contributed by atoms with Crippen molar-refractivity contribution in [2.24, 2.45) is 5.92 Å². The van der Waals surface area contributed by atoms with E-state index in [1.165, 1.54) is 25.4 Å². The summed E-state index contributed by atoms with van der Waals surface area (Å²) >= 11 is 0. The number of hydrogen-bond acceptors (Lipinski definition) is 4. The molecule has 1 amide bonds. The van der Waals surface area contributed by atoms with Crippen LogP contribution in [0.3, 0.4) is 0 Å². The van der Waals surface area contributed by atoms with Crippen LogP contribution in [-0.2, 0) is 0 Å². The molecule has 1 aromatic heterocycles. The lowest BCUT2D eigenvalue weighted by atomic mass is 10.2. The third kappa shape index (κ3) is 2.32. The molecule has 0 unspecified atom stereocenters. The molecule has 78 valence electrons. The molecule has 5 heteroatoms. The lowest BCUT2D eigenvalue weighted by Gasteiger charge is -2.10. The molecule has 1 aliphatic rings. The predicted molar refractivity (Wildman–Crippen MR) is 51.2 cm³/mol. The van der Waals surface area contributed by atoms with Crippen LogP contribution in [0.1, 0.15) is 30.3 Å². The number of carbonyl (C=O) groups excluding carboxylic acids is 1. The predicted octanol–water partition coefficient (Wildman–Crippen LogP) is 1.36. The Kier molecular flexibility index (Phi) is 3.24. The van der Waals surface area contributed by atoms with Crippen molar-refractivity contribution in [3.05, 3.63) is 18.4 Å². The van der Waals surface area contributed by atoms with Gasteiger partial charge in [-0.05, 0) is 25.7 Å². The molecule has 1 aliphatic carbocycles. The van der Waals surface area contributed by atoms with Crippen LogP contribution in [0.5, 0.6) is 0 Å². The largest absolute Gasteiger partial charge is 0.438 e. The molecule has 1 fully saturated rings. The van der Waals surface area contributed by atoms with Gasteiger partial charge in [0.15, 0.2) is 6.39 Å². The van der Waals surface area contributed by atoms with Crippen LogP contribution in [0.2, 0.25) is 0 Å². The molecule has 0 aromatic carbocycles. The number of aromatic nitrogens is 1. The molecule has 1 saturated carbocycles. The quantitative estimate of drug-likeness (QED) is 0.765. The Bertz CT molecular complexity index is 293. The van der Waals surface area contributed by atoms with Gasteiger partial charge >= 0.3 is 0 Å². The van der Waals surface area contributed by atoms with Crippen molar-refractivity contribution >= 4 is 5.91 Å². The van der Waals surface area contributed by atoms with Crippen LogP contribution in [0, 0.1) is 5.92 Å². The average molecular weight is 197 g/mol. The van der Waals surface area contributed by atoms with Gasteiger partial charge in [-0.2, -0.15) is 0 Å². The van der Waals surface area contributed by atoms with Crippen LogP contribution in [0.15, 0.2) is 17.0 Å². The highest BCUT2D eigenvalue weighted by atomic mass is 16.3. The number of nitrogens with zero attached hydrogens (tertiary/aromatic N) is 1. The Morgan fingerprint density at radius 2 is 2.43 bits per heavy atom. The summed E-state index contributed by atoms with van der Waals surface area (Å²) in [6, 6.07) is 0.248. The van der Waals surface area contributed by atoms with Gasteiger partial charge in [-0.25, -0.2) is 4.98 Å². The number of amides is 1. The van der Waals surface area contributed by atoms with Gasteiger partial charge in [-0.15, -0.1) is 0 Å². The van der Waals surface area contributed by atoms with E-state index >= 15 is 0 Å². The van der Waals surface area contributed by atoms with E-state index in [1.807, 2.05) is 6.92 Å². The first kappa shape index (κ1) is 10.7. The molecule has 1 heterocycles. The van der Waals surface area contributed by atoms with E-state index in [0.29, 0.717) is 5.92 Å². The van der Waals surface area contributed by atoms with Gasteiger partial charge in [-0.1, -0.05) is 0 Å². The second kappa shape index (κ2) is 4.23. The van der Waals surface area contributed by atoms with Gasteiger partial charge in [0, 0.05) is 6.04 Å². The fourth-order valence-electron chi connectivity index (χ4n) is 1.32. The maximum absolute atomic E-state index is 11.4. The highest BCUT2D eigenvalue weighted by Gasteiger charge is 2.29. The van der Waals surface area contributed by atoms with Crippen LogP contribution in [0.4, 0.5) is 0 Å². The molecule has 0 saturated heterocycles. The molecule has 14 heavy (non-hydrogen) atoms. The standard InChI is InChI=1S/C9H12N2O2.H3N/c1-6(7-2-3-7)11-9(12)8-4-10-5-13-8;/h4-7H,2-3H2,1H3,(H,11,12);1H3/t6-;/m0./s1. The van der Waals surface area contributed by atoms with Gasteiger partial charge in [0.05, 0.1) is 6.20 Å². The van der Waals surface area contributed by atoms with Gasteiger partial charge < -0.3 is 15.9 Å². The molecule has 0 spiro atoms. The Hall–Kier alpha value is -1.36. The van der Waals surface area contributed by atoms with Gasteiger partial charge in [0.25, 0.3) is 5.91 Å². The maximum Gasteiger partial charge on any atom is 0.288 e. The summed E-state index contributed by atoms with van der Waals surface area (Å²) < 4.78 is 4.87. The third-order valence-electron chi connectivity index (χ3n) is 2.34. The van der Waals surface area contributed by atoms with Gasteiger partial charge in [0.2, 0.25) is 5.76 Å². The maximum atomic E-state index is 11.4. The lowest BCUT2D eigenvalue weighted by Crippen LogP contribution is -2.33. The number of carbonyl (C=O) groups is 1. The van der Waals surface area contributed by atoms with E-state index in [0.717, 1.165) is 0 Å². The van der Waals surface area contributed by atoms with Crippen molar-refractivity contribution in [1.29, 1.82) is 0 Å². The number of oxazole rings is 1. The van der Waals surface area contributed by atoms with Crippen molar-refractivity contribution in [3.63, 3.8) is 0 Å². The van der Waals surface area contributed by atoms with Crippen LogP contribution < -0.4 is 11.5 Å². The van der Waals surface area contributed by atoms with E-state index in [-0.39, 0.29) is 23.9 Å². The zero-order chi connectivity index (χ0) is 9.26. The molecular weight excluding hydrogens is 182 g/mol. The van der Waals surface area contributed by atoms with Crippen LogP contribution >= 0.6 is 0 Å². The minimum atomic E-state index is -0.170. The number of hydrogen-bond donors (Lipinski definition) is 2. The second-order valence-electron chi connectivity index (χ2n) is 3.47. The van der Waals surface area contributed by atoms with Crippen molar-refractivity contribution in [1.82, 2.24) is 16.5 Å². The fraction of sp³-hybridized carbons (Fsp3) is 0.556. The molecule has 1 atom stereocenters. The zero-order valence-corrected chi connectivity index (χ0v) is 8.19. The molecule has 1 aromatic rings. The molecular formula is C9H15N3O2. The molecule has 5 nitrogen and oxygen atoms in total.